The number of hydrogen-bond acceptors (Lipinski definition) is 10. The van der Waals surface area contributed by atoms with Crippen molar-refractivity contribution in [1.29, 1.82) is 0 Å². The van der Waals surface area contributed by atoms with Gasteiger partial charge in [0.15, 0.2) is 11.5 Å². The summed E-state index contributed by atoms with van der Waals surface area (Å²) in [5.74, 6) is -0.222. The van der Waals surface area contributed by atoms with Crippen molar-refractivity contribution in [2.24, 2.45) is 12.5 Å². The number of ether oxygens (including phenoxy) is 3. The van der Waals surface area contributed by atoms with Gasteiger partial charge in [0.1, 0.15) is 28.9 Å². The van der Waals surface area contributed by atoms with Crippen molar-refractivity contribution >= 4 is 54.0 Å². The summed E-state index contributed by atoms with van der Waals surface area (Å²) in [4.78, 5) is 55.4. The molecule has 14 nitrogen and oxygen atoms in total. The maximum Gasteiger partial charge on any atom is 0.263 e. The Morgan fingerprint density at radius 2 is 1.75 bits per heavy atom. The number of rotatable bonds is 12. The largest absolute Gasteiger partial charge is 0.489 e. The van der Waals surface area contributed by atoms with Gasteiger partial charge < -0.3 is 39.2 Å². The molecule has 0 unspecified atom stereocenters. The van der Waals surface area contributed by atoms with Gasteiger partial charge in [0.25, 0.3) is 11.5 Å². The molecule has 17 heteroatoms. The van der Waals surface area contributed by atoms with Crippen LogP contribution in [-0.4, -0.2) is 95.6 Å². The molecule has 6 rings (SSSR count). The summed E-state index contributed by atoms with van der Waals surface area (Å²) in [6.45, 7) is 22.8. The van der Waals surface area contributed by atoms with Crippen molar-refractivity contribution in [2.45, 2.75) is 98.7 Å². The first kappa shape index (κ1) is 43.9. The molecule has 1 saturated heterocycles. The Kier molecular flexibility index (Phi) is 12.2. The van der Waals surface area contributed by atoms with Crippen LogP contribution >= 0.6 is 11.6 Å². The minimum absolute atomic E-state index is 0.0511. The lowest BCUT2D eigenvalue weighted by molar-refractivity contribution is -0.116. The molecule has 3 aromatic heterocycles. The van der Waals surface area contributed by atoms with Crippen LogP contribution < -0.4 is 35.3 Å². The summed E-state index contributed by atoms with van der Waals surface area (Å²) in [5.41, 5.74) is 0.256. The van der Waals surface area contributed by atoms with Crippen molar-refractivity contribution in [1.82, 2.24) is 29.3 Å². The van der Waals surface area contributed by atoms with E-state index in [-0.39, 0.29) is 75.1 Å². The lowest BCUT2D eigenvalue weighted by Crippen LogP contribution is -2.50. The number of nitrogens with one attached hydrogen (secondary N) is 2. The molecule has 1 atom stereocenters. The van der Waals surface area contributed by atoms with Gasteiger partial charge in [0.05, 0.1) is 23.2 Å². The van der Waals surface area contributed by atoms with E-state index < -0.39 is 25.5 Å². The highest BCUT2D eigenvalue weighted by Gasteiger charge is 2.35. The second kappa shape index (κ2) is 16.4. The first-order chi connectivity index (χ1) is 27.4. The van der Waals surface area contributed by atoms with E-state index >= 15 is 4.39 Å². The maximum absolute atomic E-state index is 15.2. The van der Waals surface area contributed by atoms with E-state index in [0.717, 1.165) is 19.1 Å². The van der Waals surface area contributed by atoms with Crippen LogP contribution in [0.2, 0.25) is 30.7 Å². The molecule has 0 spiro atoms. The zero-order chi connectivity index (χ0) is 43.4. The van der Waals surface area contributed by atoms with Crippen LogP contribution in [0.4, 0.5) is 15.9 Å². The number of nitrogens with zero attached hydrogens (tertiary/aromatic N) is 6. The Labute approximate surface area is 351 Å². The first-order valence-corrected chi connectivity index (χ1v) is 24.1. The van der Waals surface area contributed by atoms with Crippen LogP contribution in [-0.2, 0) is 18.4 Å². The summed E-state index contributed by atoms with van der Waals surface area (Å²) >= 11 is 6.37. The van der Waals surface area contributed by atoms with E-state index in [1.807, 2.05) is 32.7 Å². The fourth-order valence-corrected chi connectivity index (χ4v) is 8.91. The lowest BCUT2D eigenvalue weighted by Gasteiger charge is -2.39. The molecule has 0 bridgehead atoms. The van der Waals surface area contributed by atoms with Crippen LogP contribution in [0.1, 0.15) is 64.1 Å². The molecule has 0 radical (unpaired) electrons. The Morgan fingerprint density at radius 3 is 2.41 bits per heavy atom. The summed E-state index contributed by atoms with van der Waals surface area (Å²) in [5, 5.41) is 5.86. The molecular formula is C42H58ClFN8O6Si. The average molecular weight is 854 g/mol. The molecule has 1 aromatic carbocycles. The van der Waals surface area contributed by atoms with E-state index in [9.17, 15) is 14.4 Å². The van der Waals surface area contributed by atoms with E-state index in [2.05, 4.69) is 60.9 Å². The smallest absolute Gasteiger partial charge is 0.263 e. The molecule has 320 valence electrons. The number of fused-ring (bicyclic) bond motifs is 2. The van der Waals surface area contributed by atoms with Gasteiger partial charge in [-0.1, -0.05) is 52.0 Å². The van der Waals surface area contributed by atoms with Crippen molar-refractivity contribution < 1.29 is 28.2 Å². The molecule has 1 fully saturated rings. The predicted molar refractivity (Wildman–Crippen MR) is 233 cm³/mol. The highest BCUT2D eigenvalue weighted by molar-refractivity contribution is 6.76. The Balaban J connectivity index is 1.44. The zero-order valence-electron chi connectivity index (χ0n) is 36.4. The van der Waals surface area contributed by atoms with E-state index in [1.54, 1.807) is 36.9 Å². The molecule has 2 N–H and O–H groups in total. The van der Waals surface area contributed by atoms with E-state index in [4.69, 9.17) is 30.8 Å². The van der Waals surface area contributed by atoms with Crippen LogP contribution in [0.15, 0.2) is 23.1 Å². The number of anilines is 2. The van der Waals surface area contributed by atoms with Crippen molar-refractivity contribution in [3.8, 4) is 28.4 Å². The monoisotopic (exact) mass is 852 g/mol. The number of pyridine rings is 1. The highest BCUT2D eigenvalue weighted by Crippen LogP contribution is 2.51. The van der Waals surface area contributed by atoms with E-state index in [0.29, 0.717) is 48.1 Å². The van der Waals surface area contributed by atoms with Crippen LogP contribution in [0.3, 0.4) is 0 Å². The second-order valence-electron chi connectivity index (χ2n) is 19.0. The molecule has 0 aliphatic carbocycles. The van der Waals surface area contributed by atoms with Gasteiger partial charge in [-0.2, -0.15) is 4.39 Å². The fourth-order valence-electron chi connectivity index (χ4n) is 8.05. The minimum Gasteiger partial charge on any atom is -0.489 e. The summed E-state index contributed by atoms with van der Waals surface area (Å²) < 4.78 is 36.7. The predicted octanol–water partition coefficient (Wildman–Crippen LogP) is 7.07. The highest BCUT2D eigenvalue weighted by atomic mass is 35.5. The molecular weight excluding hydrogens is 795 g/mol. The fraction of sp³-hybridized carbons (Fsp3) is 0.548. The zero-order valence-corrected chi connectivity index (χ0v) is 38.1. The number of amides is 2. The number of halogens is 2. The third-order valence-electron chi connectivity index (χ3n) is 10.6. The summed E-state index contributed by atoms with van der Waals surface area (Å²) in [7, 11) is 2.12. The van der Waals surface area contributed by atoms with Crippen LogP contribution in [0, 0.1) is 18.3 Å². The quantitative estimate of drug-likeness (QED) is 0.112. The molecule has 0 saturated carbocycles. The second-order valence-corrected chi connectivity index (χ2v) is 25.0. The third-order valence-corrected chi connectivity index (χ3v) is 12.7. The van der Waals surface area contributed by atoms with Crippen molar-refractivity contribution in [3.63, 3.8) is 0 Å². The average Bonchev–Trinajstić information content (AvgIpc) is 3.73. The van der Waals surface area contributed by atoms with Gasteiger partial charge in [-0.05, 0) is 58.7 Å². The number of piperazine rings is 1. The van der Waals surface area contributed by atoms with Gasteiger partial charge in [-0.3, -0.25) is 19.0 Å². The van der Waals surface area contributed by atoms with Gasteiger partial charge in [-0.15, -0.1) is 0 Å². The van der Waals surface area contributed by atoms with Gasteiger partial charge >= 0.3 is 0 Å². The van der Waals surface area contributed by atoms with Crippen LogP contribution in [0.5, 0.6) is 17.2 Å². The Bertz CT molecular complexity index is 2350. The molecule has 4 aromatic rings. The number of carbonyl (C=O) groups is 2. The summed E-state index contributed by atoms with van der Waals surface area (Å²) in [6, 6.07) is 4.13. The molecule has 2 amide bonds. The van der Waals surface area contributed by atoms with Crippen LogP contribution in [0.25, 0.3) is 22.2 Å². The lowest BCUT2D eigenvalue weighted by atomic mass is 9.81. The third kappa shape index (κ3) is 9.70. The van der Waals surface area contributed by atoms with Gasteiger partial charge in [0.2, 0.25) is 24.4 Å². The maximum atomic E-state index is 15.2. The molecule has 5 heterocycles. The van der Waals surface area contributed by atoms with Gasteiger partial charge in [-0.25, -0.2) is 9.97 Å². The number of carbonyl (C=O) groups excluding carboxylic acids is 2. The minimum atomic E-state index is -1.52. The summed E-state index contributed by atoms with van der Waals surface area (Å²) in [6.07, 6.45) is 2.33. The normalized spacial score (nSPS) is 16.2. The number of aryl methyl sites for hydroxylation is 1. The number of benzene rings is 1. The number of likely N-dealkylation sites (N-methyl/N-ethyl adjacent to an activating group) is 1. The van der Waals surface area contributed by atoms with Crippen molar-refractivity contribution in [3.05, 3.63) is 51.0 Å². The van der Waals surface area contributed by atoms with Crippen molar-refractivity contribution in [2.75, 3.05) is 50.3 Å². The molecule has 2 aliphatic rings. The molecule has 59 heavy (non-hydrogen) atoms. The van der Waals surface area contributed by atoms with E-state index in [1.165, 1.54) is 4.57 Å². The number of hydrogen-bond donors (Lipinski definition) is 2. The standard InChI is InChI=1S/C42H58ClFN8O6Si/c1-24-19-49(8)13-14-52(24)30-18-29(33(43)37(44)47-30)46-31(53)21-51-20-28(32-38(51)45-25(2)50(9)40(32)55)26-17-27(39(54)48-42(6,7)22-41(3,4)5)35(36-34(26)57-23-58-36)56-15-16-59(10,11)12/h17-18,20,24H,13-16,19,21-23H2,1-12H3,(H,48,54)(H,46,47,53)/t24-/m0/s1. The number of aromatic nitrogens is 4. The Hall–Kier alpha value is -4.67. The topological polar surface area (TPSA) is 145 Å². The molecule has 2 aliphatic heterocycles. The first-order valence-electron chi connectivity index (χ1n) is 20.0. The Morgan fingerprint density at radius 1 is 1.05 bits per heavy atom. The van der Waals surface area contributed by atoms with Gasteiger partial charge in [0, 0.05) is 69.7 Å². The SMILES string of the molecule is Cc1nc2c(c(-c3cc(C(=O)NC(C)(C)CC(C)(C)C)c(OCC[Si](C)(C)C)c4c3OCO4)cn2CC(=O)Nc2cc(N3CCN(C)C[C@@H]3C)nc(F)c2Cl)c(=O)n1C.